The SMILES string of the molecule is CCC(C)c1nc(SC)c(C(O)n2cnnn2)n1Cc1ccc(-c2ccccc2S(=O)(=O)NC(=O)NCc2ccccc2)cc1. The highest BCUT2D eigenvalue weighted by atomic mass is 32.2. The molecule has 0 bridgehead atoms. The number of thioether (sulfide) groups is 1. The Hall–Kier alpha value is -4.53. The number of tetrazole rings is 1. The van der Waals surface area contributed by atoms with Gasteiger partial charge in [-0.05, 0) is 45.9 Å². The van der Waals surface area contributed by atoms with Crippen molar-refractivity contribution in [3.05, 3.63) is 108 Å². The molecule has 0 aliphatic heterocycles. The van der Waals surface area contributed by atoms with Crippen LogP contribution in [0.15, 0.2) is 95.1 Å². The van der Waals surface area contributed by atoms with Gasteiger partial charge in [-0.2, -0.15) is 4.68 Å². The van der Waals surface area contributed by atoms with Gasteiger partial charge in [0.2, 0.25) is 0 Å². The Kier molecular flexibility index (Phi) is 9.96. The molecule has 45 heavy (non-hydrogen) atoms. The molecule has 3 aromatic carbocycles. The number of aliphatic hydroxyl groups excluding tert-OH is 1. The second-order valence-electron chi connectivity index (χ2n) is 10.4. The highest BCUT2D eigenvalue weighted by Gasteiger charge is 2.27. The summed E-state index contributed by atoms with van der Waals surface area (Å²) in [7, 11) is -4.18. The predicted octanol–water partition coefficient (Wildman–Crippen LogP) is 4.55. The lowest BCUT2D eigenvalue weighted by molar-refractivity contribution is 0.118. The van der Waals surface area contributed by atoms with Crippen LogP contribution in [-0.2, 0) is 23.1 Å². The number of nitrogens with one attached hydrogen (secondary N) is 2. The molecule has 0 saturated heterocycles. The molecule has 0 radical (unpaired) electrons. The minimum Gasteiger partial charge on any atom is -0.366 e. The van der Waals surface area contributed by atoms with E-state index in [-0.39, 0.29) is 17.4 Å². The van der Waals surface area contributed by atoms with Crippen molar-refractivity contribution in [2.45, 2.75) is 55.4 Å². The van der Waals surface area contributed by atoms with Crippen LogP contribution in [0.5, 0.6) is 0 Å². The fourth-order valence-corrected chi connectivity index (χ4v) is 6.66. The zero-order chi connectivity index (χ0) is 32.0. The Bertz CT molecular complexity index is 1840. The van der Waals surface area contributed by atoms with Crippen molar-refractivity contribution in [3.63, 3.8) is 0 Å². The standard InChI is InChI=1S/C31H34N8O4S2/c1-4-21(2)28-34-29(44-3)27(30(40)39-20-33-36-37-39)38(28)19-23-14-16-24(17-15-23)25-12-8-9-13-26(25)45(42,43)35-31(41)32-18-22-10-6-5-7-11-22/h5-17,20-21,30,40H,4,18-19H2,1-3H3,(H2,32,35,41). The number of carbonyl (C=O) groups excluding carboxylic acids is 1. The van der Waals surface area contributed by atoms with Crippen LogP contribution in [0.25, 0.3) is 11.1 Å². The Labute approximate surface area is 266 Å². The number of amides is 2. The summed E-state index contributed by atoms with van der Waals surface area (Å²) in [5.41, 5.74) is 3.46. The van der Waals surface area contributed by atoms with Crippen LogP contribution in [0.4, 0.5) is 4.79 Å². The molecule has 2 unspecified atom stereocenters. The summed E-state index contributed by atoms with van der Waals surface area (Å²) in [5, 5.41) is 25.7. The molecule has 5 aromatic rings. The Morgan fingerprint density at radius 1 is 1.00 bits per heavy atom. The molecule has 234 valence electrons. The maximum absolute atomic E-state index is 13.3. The van der Waals surface area contributed by atoms with Crippen molar-refractivity contribution >= 4 is 27.8 Å². The van der Waals surface area contributed by atoms with Gasteiger partial charge in [0, 0.05) is 24.6 Å². The van der Waals surface area contributed by atoms with Crippen LogP contribution in [0.3, 0.4) is 0 Å². The predicted molar refractivity (Wildman–Crippen MR) is 171 cm³/mol. The van der Waals surface area contributed by atoms with Crippen LogP contribution in [0, 0.1) is 0 Å². The molecule has 0 fully saturated rings. The zero-order valence-corrected chi connectivity index (χ0v) is 26.7. The van der Waals surface area contributed by atoms with Crippen LogP contribution in [0.1, 0.15) is 55.1 Å². The van der Waals surface area contributed by atoms with Gasteiger partial charge in [0.05, 0.1) is 4.90 Å². The number of aliphatic hydroxyl groups is 1. The summed E-state index contributed by atoms with van der Waals surface area (Å²) in [6, 6.07) is 22.4. The van der Waals surface area contributed by atoms with Crippen molar-refractivity contribution in [3.8, 4) is 11.1 Å². The van der Waals surface area contributed by atoms with Gasteiger partial charge in [-0.1, -0.05) is 86.6 Å². The van der Waals surface area contributed by atoms with Gasteiger partial charge in [-0.15, -0.1) is 16.9 Å². The van der Waals surface area contributed by atoms with E-state index in [1.807, 2.05) is 65.4 Å². The minimum atomic E-state index is -4.18. The molecular weight excluding hydrogens is 613 g/mol. The van der Waals surface area contributed by atoms with E-state index < -0.39 is 22.3 Å². The average Bonchev–Trinajstić information content (AvgIpc) is 3.73. The fraction of sp³-hybridized carbons (Fsp3) is 0.258. The molecule has 2 amide bonds. The van der Waals surface area contributed by atoms with E-state index >= 15 is 0 Å². The van der Waals surface area contributed by atoms with Crippen LogP contribution in [0.2, 0.25) is 0 Å². The van der Waals surface area contributed by atoms with E-state index in [1.165, 1.54) is 28.8 Å². The first-order valence-electron chi connectivity index (χ1n) is 14.3. The number of aromatic nitrogens is 6. The lowest BCUT2D eigenvalue weighted by Crippen LogP contribution is -2.39. The molecule has 12 nitrogen and oxygen atoms in total. The fourth-order valence-electron chi connectivity index (χ4n) is 4.89. The lowest BCUT2D eigenvalue weighted by atomic mass is 10.0. The maximum Gasteiger partial charge on any atom is 0.328 e. The summed E-state index contributed by atoms with van der Waals surface area (Å²) in [4.78, 5) is 17.3. The third kappa shape index (κ3) is 7.24. The average molecular weight is 647 g/mol. The van der Waals surface area contributed by atoms with Crippen molar-refractivity contribution in [1.82, 2.24) is 39.8 Å². The number of nitrogens with zero attached hydrogens (tertiary/aromatic N) is 6. The van der Waals surface area contributed by atoms with Crippen molar-refractivity contribution < 1.29 is 18.3 Å². The van der Waals surface area contributed by atoms with Gasteiger partial charge in [-0.25, -0.2) is 22.9 Å². The second kappa shape index (κ2) is 14.1. The number of benzene rings is 3. The maximum atomic E-state index is 13.3. The monoisotopic (exact) mass is 646 g/mol. The smallest absolute Gasteiger partial charge is 0.328 e. The summed E-state index contributed by atoms with van der Waals surface area (Å²) in [6.45, 7) is 4.77. The van der Waals surface area contributed by atoms with E-state index in [1.54, 1.807) is 18.2 Å². The van der Waals surface area contributed by atoms with Crippen LogP contribution >= 0.6 is 11.8 Å². The topological polar surface area (TPSA) is 157 Å². The molecule has 0 aliphatic carbocycles. The number of hydrogen-bond donors (Lipinski definition) is 3. The second-order valence-corrected chi connectivity index (χ2v) is 12.8. The molecule has 0 saturated carbocycles. The first-order chi connectivity index (χ1) is 21.7. The highest BCUT2D eigenvalue weighted by molar-refractivity contribution is 7.98. The summed E-state index contributed by atoms with van der Waals surface area (Å²) in [5.74, 6) is 0.959. The molecule has 2 atom stereocenters. The molecule has 14 heteroatoms. The number of hydrogen-bond acceptors (Lipinski definition) is 9. The summed E-state index contributed by atoms with van der Waals surface area (Å²) < 4.78 is 32.0. The van der Waals surface area contributed by atoms with Gasteiger partial charge in [0.25, 0.3) is 10.0 Å². The molecule has 5 rings (SSSR count). The largest absolute Gasteiger partial charge is 0.366 e. The van der Waals surface area contributed by atoms with E-state index in [0.717, 1.165) is 23.4 Å². The van der Waals surface area contributed by atoms with Crippen LogP contribution < -0.4 is 10.0 Å². The summed E-state index contributed by atoms with van der Waals surface area (Å²) in [6.07, 6.45) is 2.98. The number of rotatable bonds is 12. The minimum absolute atomic E-state index is 0.0160. The van der Waals surface area contributed by atoms with Crippen molar-refractivity contribution in [1.29, 1.82) is 0 Å². The molecule has 0 aliphatic rings. The van der Waals surface area contributed by atoms with Gasteiger partial charge in [0.15, 0.2) is 6.23 Å². The lowest BCUT2D eigenvalue weighted by Gasteiger charge is -2.19. The van der Waals surface area contributed by atoms with Crippen LogP contribution in [-0.4, -0.2) is 55.6 Å². The van der Waals surface area contributed by atoms with Gasteiger partial charge >= 0.3 is 6.03 Å². The molecule has 2 heterocycles. The molecule has 0 spiro atoms. The quantitative estimate of drug-likeness (QED) is 0.166. The molecule has 2 aromatic heterocycles. The van der Waals surface area contributed by atoms with E-state index in [4.69, 9.17) is 4.98 Å². The molecular formula is C31H34N8O4S2. The first kappa shape index (κ1) is 31.9. The number of carbonyl (C=O) groups is 1. The van der Waals surface area contributed by atoms with Gasteiger partial charge in [-0.3, -0.25) is 0 Å². The number of imidazole rings is 1. The third-order valence-electron chi connectivity index (χ3n) is 7.41. The Balaban J connectivity index is 1.40. The van der Waals surface area contributed by atoms with E-state index in [2.05, 4.69) is 39.4 Å². The van der Waals surface area contributed by atoms with E-state index in [0.29, 0.717) is 28.4 Å². The van der Waals surface area contributed by atoms with Crippen molar-refractivity contribution in [2.75, 3.05) is 6.26 Å². The Morgan fingerprint density at radius 2 is 1.71 bits per heavy atom. The van der Waals surface area contributed by atoms with E-state index in [9.17, 15) is 18.3 Å². The molecule has 3 N–H and O–H groups in total. The highest BCUT2D eigenvalue weighted by Crippen LogP contribution is 2.33. The number of sulfonamides is 1. The zero-order valence-electron chi connectivity index (χ0n) is 25.0. The third-order valence-corrected chi connectivity index (χ3v) is 9.49. The number of urea groups is 1. The normalized spacial score (nSPS) is 12.9. The Morgan fingerprint density at radius 3 is 2.38 bits per heavy atom. The first-order valence-corrected chi connectivity index (χ1v) is 17.0. The van der Waals surface area contributed by atoms with Gasteiger partial charge in [0.1, 0.15) is 22.9 Å². The summed E-state index contributed by atoms with van der Waals surface area (Å²) >= 11 is 1.44. The van der Waals surface area contributed by atoms with Gasteiger partial charge < -0.3 is 15.0 Å². The van der Waals surface area contributed by atoms with Crippen molar-refractivity contribution in [2.24, 2.45) is 0 Å².